The van der Waals surface area contributed by atoms with Crippen molar-refractivity contribution in [1.82, 2.24) is 0 Å². The fourth-order valence-corrected chi connectivity index (χ4v) is 4.08. The van der Waals surface area contributed by atoms with E-state index in [9.17, 15) is 0 Å². The number of hydrogen-bond donors (Lipinski definition) is 0. The Hall–Kier alpha value is 0. The summed E-state index contributed by atoms with van der Waals surface area (Å²) in [5.74, 6) is 6.10. The van der Waals surface area contributed by atoms with Crippen molar-refractivity contribution in [1.29, 1.82) is 0 Å². The van der Waals surface area contributed by atoms with Crippen LogP contribution in [-0.2, 0) is 0 Å². The van der Waals surface area contributed by atoms with E-state index in [0.29, 0.717) is 0 Å². The minimum absolute atomic E-state index is 0.992. The number of hydrogen-bond acceptors (Lipinski definition) is 0. The van der Waals surface area contributed by atoms with Gasteiger partial charge >= 0.3 is 0 Å². The topological polar surface area (TPSA) is 0 Å². The molecule has 0 heteroatoms. The normalized spacial score (nSPS) is 51.2. The van der Waals surface area contributed by atoms with Crippen LogP contribution in [0.5, 0.6) is 0 Å². The molecule has 0 nitrogen and oxygen atoms in total. The van der Waals surface area contributed by atoms with Gasteiger partial charge in [0.25, 0.3) is 0 Å². The van der Waals surface area contributed by atoms with Gasteiger partial charge in [-0.15, -0.1) is 0 Å². The summed E-state index contributed by atoms with van der Waals surface area (Å²) in [7, 11) is 0. The molecule has 2 rings (SSSR count). The third kappa shape index (κ3) is 2.57. The summed E-state index contributed by atoms with van der Waals surface area (Å²) in [5, 5.41) is 0. The van der Waals surface area contributed by atoms with E-state index in [2.05, 4.69) is 27.7 Å². The smallest absolute Gasteiger partial charge is 0.0406 e. The Morgan fingerprint density at radius 2 is 0.867 bits per heavy atom. The maximum absolute atomic E-state index is 2.45. The van der Waals surface area contributed by atoms with Crippen LogP contribution in [0.15, 0.2) is 0 Å². The second kappa shape index (κ2) is 4.47. The van der Waals surface area contributed by atoms with E-state index in [-0.39, 0.29) is 0 Å². The lowest BCUT2D eigenvalue weighted by Gasteiger charge is -2.15. The predicted octanol–water partition coefficient (Wildman–Crippen LogP) is 4.74. The van der Waals surface area contributed by atoms with Crippen molar-refractivity contribution in [3.63, 3.8) is 0 Å². The van der Waals surface area contributed by atoms with E-state index >= 15 is 0 Å². The summed E-state index contributed by atoms with van der Waals surface area (Å²) in [4.78, 5) is 0. The maximum atomic E-state index is 2.45. The van der Waals surface area contributed by atoms with Crippen LogP contribution in [-0.4, -0.2) is 0 Å². The first kappa shape index (κ1) is 11.5. The SMILES string of the molecule is CC1CC(CC2CC(C)C(C)C2)CC1C. The molecule has 15 heavy (non-hydrogen) atoms. The van der Waals surface area contributed by atoms with E-state index in [1.807, 2.05) is 0 Å². The first-order valence-corrected chi connectivity index (χ1v) is 7.06. The van der Waals surface area contributed by atoms with Crippen LogP contribution in [0.4, 0.5) is 0 Å². The van der Waals surface area contributed by atoms with Gasteiger partial charge in [-0.05, 0) is 67.6 Å². The van der Waals surface area contributed by atoms with Crippen molar-refractivity contribution in [2.75, 3.05) is 0 Å². The highest BCUT2D eigenvalue weighted by Crippen LogP contribution is 2.44. The van der Waals surface area contributed by atoms with Crippen LogP contribution in [0.2, 0.25) is 0 Å². The van der Waals surface area contributed by atoms with E-state index in [1.165, 1.54) is 25.7 Å². The highest BCUT2D eigenvalue weighted by Gasteiger charge is 2.33. The summed E-state index contributed by atoms with van der Waals surface area (Å²) >= 11 is 0. The van der Waals surface area contributed by atoms with Crippen LogP contribution >= 0.6 is 0 Å². The Morgan fingerprint density at radius 1 is 0.600 bits per heavy atom. The van der Waals surface area contributed by atoms with Gasteiger partial charge in [-0.25, -0.2) is 0 Å². The van der Waals surface area contributed by atoms with Crippen LogP contribution < -0.4 is 0 Å². The molecule has 0 amide bonds. The van der Waals surface area contributed by atoms with Gasteiger partial charge in [0, 0.05) is 0 Å². The Labute approximate surface area is 95.8 Å². The Kier molecular flexibility index (Phi) is 3.42. The van der Waals surface area contributed by atoms with E-state index < -0.39 is 0 Å². The monoisotopic (exact) mass is 208 g/mol. The van der Waals surface area contributed by atoms with Crippen LogP contribution in [0.1, 0.15) is 59.8 Å². The zero-order valence-electron chi connectivity index (χ0n) is 11.0. The average Bonchev–Trinajstić information content (AvgIpc) is 2.59. The molecule has 2 saturated carbocycles. The molecule has 88 valence electrons. The molecule has 2 aliphatic carbocycles. The molecule has 0 radical (unpaired) electrons. The van der Waals surface area contributed by atoms with E-state index in [4.69, 9.17) is 0 Å². The molecular weight excluding hydrogens is 180 g/mol. The predicted molar refractivity (Wildman–Crippen MR) is 66.7 cm³/mol. The van der Waals surface area contributed by atoms with E-state index in [1.54, 1.807) is 6.42 Å². The molecule has 0 N–H and O–H groups in total. The fourth-order valence-electron chi connectivity index (χ4n) is 4.08. The molecule has 2 fully saturated rings. The third-order valence-electron chi connectivity index (χ3n) is 5.43. The standard InChI is InChI=1S/C15H28/c1-10-5-14(6-11(10)2)9-15-7-12(3)13(4)8-15/h10-15H,5-9H2,1-4H3. The maximum Gasteiger partial charge on any atom is -0.0406 e. The lowest BCUT2D eigenvalue weighted by molar-refractivity contribution is 0.363. The minimum atomic E-state index is 0.992. The molecule has 2 aliphatic rings. The van der Waals surface area contributed by atoms with Crippen molar-refractivity contribution in [2.45, 2.75) is 59.8 Å². The zero-order valence-corrected chi connectivity index (χ0v) is 11.0. The lowest BCUT2D eigenvalue weighted by Crippen LogP contribution is -2.03. The minimum Gasteiger partial charge on any atom is -0.0622 e. The zero-order chi connectivity index (χ0) is 11.0. The van der Waals surface area contributed by atoms with Crippen LogP contribution in [0.25, 0.3) is 0 Å². The van der Waals surface area contributed by atoms with Gasteiger partial charge in [-0.2, -0.15) is 0 Å². The van der Waals surface area contributed by atoms with Gasteiger partial charge in [-0.3, -0.25) is 0 Å². The van der Waals surface area contributed by atoms with Crippen molar-refractivity contribution < 1.29 is 0 Å². The Balaban J connectivity index is 1.79. The van der Waals surface area contributed by atoms with Crippen LogP contribution in [0.3, 0.4) is 0 Å². The molecule has 0 aromatic rings. The Morgan fingerprint density at radius 3 is 1.13 bits per heavy atom. The summed E-state index contributed by atoms with van der Waals surface area (Å²) < 4.78 is 0. The van der Waals surface area contributed by atoms with Gasteiger partial charge in [0.1, 0.15) is 0 Å². The summed E-state index contributed by atoms with van der Waals surface area (Å²) in [6.07, 6.45) is 7.60. The first-order valence-electron chi connectivity index (χ1n) is 7.06. The Bertz CT molecular complexity index is 166. The number of rotatable bonds is 2. The van der Waals surface area contributed by atoms with Crippen LogP contribution in [0, 0.1) is 35.5 Å². The highest BCUT2D eigenvalue weighted by atomic mass is 14.4. The molecule has 0 aromatic heterocycles. The van der Waals surface area contributed by atoms with Gasteiger partial charge in [0.2, 0.25) is 0 Å². The summed E-state index contributed by atoms with van der Waals surface area (Å²) in [6, 6.07) is 0. The summed E-state index contributed by atoms with van der Waals surface area (Å²) in [6.45, 7) is 9.80. The molecule has 4 atom stereocenters. The highest BCUT2D eigenvalue weighted by molar-refractivity contribution is 4.84. The van der Waals surface area contributed by atoms with Gasteiger partial charge in [0.05, 0.1) is 0 Å². The van der Waals surface area contributed by atoms with Gasteiger partial charge < -0.3 is 0 Å². The first-order chi connectivity index (χ1) is 7.06. The molecule has 0 aromatic carbocycles. The fraction of sp³-hybridized carbons (Fsp3) is 1.00. The molecule has 0 aliphatic heterocycles. The van der Waals surface area contributed by atoms with Gasteiger partial charge in [0.15, 0.2) is 0 Å². The van der Waals surface area contributed by atoms with Crippen molar-refractivity contribution in [3.8, 4) is 0 Å². The van der Waals surface area contributed by atoms with Crippen molar-refractivity contribution in [2.24, 2.45) is 35.5 Å². The quantitative estimate of drug-likeness (QED) is 0.615. The molecular formula is C15H28. The average molecular weight is 208 g/mol. The van der Waals surface area contributed by atoms with Gasteiger partial charge in [-0.1, -0.05) is 27.7 Å². The second-order valence-corrected chi connectivity index (χ2v) is 6.82. The second-order valence-electron chi connectivity index (χ2n) is 6.82. The molecule has 0 bridgehead atoms. The molecule has 0 heterocycles. The molecule has 4 unspecified atom stereocenters. The largest absolute Gasteiger partial charge is 0.0622 e. The lowest BCUT2D eigenvalue weighted by atomic mass is 9.91. The third-order valence-corrected chi connectivity index (χ3v) is 5.43. The molecule has 0 saturated heterocycles. The van der Waals surface area contributed by atoms with Crippen molar-refractivity contribution in [3.05, 3.63) is 0 Å². The molecule has 0 spiro atoms. The van der Waals surface area contributed by atoms with E-state index in [0.717, 1.165) is 35.5 Å². The van der Waals surface area contributed by atoms with Crippen molar-refractivity contribution >= 4 is 0 Å². The summed E-state index contributed by atoms with van der Waals surface area (Å²) in [5.41, 5.74) is 0.